The number of nitrogens with one attached hydrogen (secondary N) is 2. The molecular weight excluding hydrogens is 407 g/mol. The minimum absolute atomic E-state index is 0.112. The van der Waals surface area contributed by atoms with Crippen LogP contribution in [0.1, 0.15) is 35.5 Å². The van der Waals surface area contributed by atoms with Gasteiger partial charge in [0.15, 0.2) is 5.76 Å². The summed E-state index contributed by atoms with van der Waals surface area (Å²) in [6.07, 6.45) is 0. The molecule has 0 aliphatic carbocycles. The Morgan fingerprint density at radius 3 is 2.33 bits per heavy atom. The molecule has 6 nitrogen and oxygen atoms in total. The highest BCUT2D eigenvalue weighted by Crippen LogP contribution is 2.22. The van der Waals surface area contributed by atoms with Crippen molar-refractivity contribution in [1.82, 2.24) is 10.0 Å². The van der Waals surface area contributed by atoms with Crippen LogP contribution in [0.4, 0.5) is 4.39 Å². The van der Waals surface area contributed by atoms with Gasteiger partial charge in [-0.3, -0.25) is 4.79 Å². The molecule has 0 spiro atoms. The summed E-state index contributed by atoms with van der Waals surface area (Å²) >= 11 is 0. The first kappa shape index (κ1) is 21.7. The standard InChI is InChI=1S/C22H23FN2O4S/c1-15(2)25-30(27,28)14-18-6-4-3-5-17(18)13-24-22(26)21-12-11-20(29-21)16-7-9-19(23)10-8-16/h3-12,15,25H,13-14H2,1-2H3,(H,24,26). The van der Waals surface area contributed by atoms with Gasteiger partial charge in [0.1, 0.15) is 11.6 Å². The van der Waals surface area contributed by atoms with Crippen molar-refractivity contribution >= 4 is 15.9 Å². The maximum Gasteiger partial charge on any atom is 0.287 e. The van der Waals surface area contributed by atoms with E-state index in [0.29, 0.717) is 22.5 Å². The van der Waals surface area contributed by atoms with Gasteiger partial charge < -0.3 is 9.73 Å². The Morgan fingerprint density at radius 1 is 1.00 bits per heavy atom. The molecule has 0 saturated carbocycles. The predicted octanol–water partition coefficient (Wildman–Crippen LogP) is 3.84. The number of sulfonamides is 1. The molecule has 0 atom stereocenters. The Labute approximate surface area is 175 Å². The second-order valence-corrected chi connectivity index (χ2v) is 8.91. The minimum atomic E-state index is -3.49. The molecule has 0 saturated heterocycles. The normalized spacial score (nSPS) is 11.6. The van der Waals surface area contributed by atoms with Crippen molar-refractivity contribution in [3.8, 4) is 11.3 Å². The van der Waals surface area contributed by atoms with Crippen LogP contribution in [0.3, 0.4) is 0 Å². The summed E-state index contributed by atoms with van der Waals surface area (Å²) in [6.45, 7) is 3.67. The second-order valence-electron chi connectivity index (χ2n) is 7.15. The molecule has 158 valence electrons. The first-order chi connectivity index (χ1) is 14.2. The Hall–Kier alpha value is -2.97. The third kappa shape index (κ3) is 5.77. The van der Waals surface area contributed by atoms with E-state index in [1.807, 2.05) is 0 Å². The Morgan fingerprint density at radius 2 is 1.67 bits per heavy atom. The topological polar surface area (TPSA) is 88.4 Å². The lowest BCUT2D eigenvalue weighted by Gasteiger charge is -2.13. The summed E-state index contributed by atoms with van der Waals surface area (Å²) in [5, 5.41) is 2.75. The number of benzene rings is 2. The molecular formula is C22H23FN2O4S. The van der Waals surface area contributed by atoms with Crippen molar-refractivity contribution < 1.29 is 22.0 Å². The molecule has 3 rings (SSSR count). The Balaban J connectivity index is 1.68. The van der Waals surface area contributed by atoms with Crippen LogP contribution in [-0.2, 0) is 22.3 Å². The highest BCUT2D eigenvalue weighted by Gasteiger charge is 2.17. The molecule has 1 aromatic heterocycles. The van der Waals surface area contributed by atoms with Crippen molar-refractivity contribution in [2.45, 2.75) is 32.2 Å². The molecule has 3 aromatic rings. The third-order valence-corrected chi connectivity index (χ3v) is 5.80. The van der Waals surface area contributed by atoms with Gasteiger partial charge in [-0.05, 0) is 61.4 Å². The van der Waals surface area contributed by atoms with E-state index in [0.717, 1.165) is 0 Å². The molecule has 0 aliphatic rings. The fraction of sp³-hybridized carbons (Fsp3) is 0.227. The predicted molar refractivity (Wildman–Crippen MR) is 113 cm³/mol. The average molecular weight is 431 g/mol. The number of halogens is 1. The molecule has 0 radical (unpaired) electrons. The number of rotatable bonds is 8. The van der Waals surface area contributed by atoms with Gasteiger partial charge in [-0.1, -0.05) is 24.3 Å². The monoisotopic (exact) mass is 430 g/mol. The van der Waals surface area contributed by atoms with Crippen molar-refractivity contribution in [1.29, 1.82) is 0 Å². The number of amides is 1. The number of carbonyl (C=O) groups excluding carboxylic acids is 1. The molecule has 30 heavy (non-hydrogen) atoms. The number of hydrogen-bond donors (Lipinski definition) is 2. The fourth-order valence-corrected chi connectivity index (χ4v) is 4.46. The van der Waals surface area contributed by atoms with Crippen molar-refractivity contribution in [3.63, 3.8) is 0 Å². The maximum absolute atomic E-state index is 13.1. The van der Waals surface area contributed by atoms with E-state index >= 15 is 0 Å². The first-order valence-electron chi connectivity index (χ1n) is 9.44. The summed E-state index contributed by atoms with van der Waals surface area (Å²) in [7, 11) is -3.49. The molecule has 0 unspecified atom stereocenters. The average Bonchev–Trinajstić information content (AvgIpc) is 3.16. The molecule has 2 aromatic carbocycles. The highest BCUT2D eigenvalue weighted by atomic mass is 32.2. The van der Waals surface area contributed by atoms with Gasteiger partial charge in [0.05, 0.1) is 5.75 Å². The van der Waals surface area contributed by atoms with Crippen molar-refractivity contribution in [2.24, 2.45) is 0 Å². The number of hydrogen-bond acceptors (Lipinski definition) is 4. The lowest BCUT2D eigenvalue weighted by Crippen LogP contribution is -2.31. The van der Waals surface area contributed by atoms with E-state index in [4.69, 9.17) is 4.42 Å². The van der Waals surface area contributed by atoms with Gasteiger partial charge >= 0.3 is 0 Å². The molecule has 0 fully saturated rings. The maximum atomic E-state index is 13.1. The van der Waals surface area contributed by atoms with Crippen LogP contribution in [0.15, 0.2) is 65.1 Å². The molecule has 0 bridgehead atoms. The van der Waals surface area contributed by atoms with E-state index < -0.39 is 15.9 Å². The van der Waals surface area contributed by atoms with Gasteiger partial charge in [0.25, 0.3) is 5.91 Å². The van der Waals surface area contributed by atoms with E-state index in [2.05, 4.69) is 10.0 Å². The fourth-order valence-electron chi connectivity index (χ4n) is 2.97. The molecule has 8 heteroatoms. The molecule has 2 N–H and O–H groups in total. The summed E-state index contributed by atoms with van der Waals surface area (Å²) in [5.74, 6) is -0.395. The van der Waals surface area contributed by atoms with E-state index in [1.165, 1.54) is 18.2 Å². The summed E-state index contributed by atoms with van der Waals surface area (Å²) in [6, 6.07) is 15.8. The quantitative estimate of drug-likeness (QED) is 0.568. The van der Waals surface area contributed by atoms with Crippen LogP contribution in [-0.4, -0.2) is 20.4 Å². The first-order valence-corrected chi connectivity index (χ1v) is 11.1. The number of carbonyl (C=O) groups is 1. The van der Waals surface area contributed by atoms with Crippen LogP contribution in [0.5, 0.6) is 0 Å². The van der Waals surface area contributed by atoms with E-state index in [9.17, 15) is 17.6 Å². The van der Waals surface area contributed by atoms with Crippen LogP contribution >= 0.6 is 0 Å². The zero-order valence-corrected chi connectivity index (χ0v) is 17.5. The van der Waals surface area contributed by atoms with Crippen molar-refractivity contribution in [3.05, 3.63) is 83.4 Å². The molecule has 1 heterocycles. The zero-order chi connectivity index (χ0) is 21.7. The lowest BCUT2D eigenvalue weighted by molar-refractivity contribution is 0.0924. The van der Waals surface area contributed by atoms with E-state index in [-0.39, 0.29) is 29.9 Å². The lowest BCUT2D eigenvalue weighted by atomic mass is 10.1. The molecule has 0 aliphatic heterocycles. The summed E-state index contributed by atoms with van der Waals surface area (Å²) in [4.78, 5) is 12.5. The van der Waals surface area contributed by atoms with Crippen molar-refractivity contribution in [2.75, 3.05) is 0 Å². The molecule has 1 amide bonds. The van der Waals surface area contributed by atoms with Gasteiger partial charge in [-0.25, -0.2) is 17.5 Å². The smallest absolute Gasteiger partial charge is 0.287 e. The Bertz CT molecular complexity index is 1120. The minimum Gasteiger partial charge on any atom is -0.451 e. The SMILES string of the molecule is CC(C)NS(=O)(=O)Cc1ccccc1CNC(=O)c1ccc(-c2ccc(F)cc2)o1. The number of furan rings is 1. The van der Waals surface area contributed by atoms with Crippen LogP contribution in [0.2, 0.25) is 0 Å². The second kappa shape index (κ2) is 9.23. The summed E-state index contributed by atoms with van der Waals surface area (Å²) in [5.41, 5.74) is 1.96. The van der Waals surface area contributed by atoms with Gasteiger partial charge in [-0.15, -0.1) is 0 Å². The Kier molecular flexibility index (Phi) is 6.69. The van der Waals surface area contributed by atoms with Gasteiger partial charge in [0.2, 0.25) is 10.0 Å². The highest BCUT2D eigenvalue weighted by molar-refractivity contribution is 7.88. The third-order valence-electron chi connectivity index (χ3n) is 4.28. The largest absolute Gasteiger partial charge is 0.451 e. The van der Waals surface area contributed by atoms with Crippen LogP contribution in [0, 0.1) is 5.82 Å². The van der Waals surface area contributed by atoms with E-state index in [1.54, 1.807) is 56.3 Å². The zero-order valence-electron chi connectivity index (χ0n) is 16.7. The van der Waals surface area contributed by atoms with Crippen LogP contribution in [0.25, 0.3) is 11.3 Å². The van der Waals surface area contributed by atoms with Gasteiger partial charge in [0, 0.05) is 18.2 Å². The van der Waals surface area contributed by atoms with Crippen LogP contribution < -0.4 is 10.0 Å². The van der Waals surface area contributed by atoms with Gasteiger partial charge in [-0.2, -0.15) is 0 Å². The summed E-state index contributed by atoms with van der Waals surface area (Å²) < 4.78 is 45.7.